The Balaban J connectivity index is 1.48. The van der Waals surface area contributed by atoms with Crippen LogP contribution in [-0.2, 0) is 19.1 Å². The first-order valence-corrected chi connectivity index (χ1v) is 25.1. The van der Waals surface area contributed by atoms with E-state index in [4.69, 9.17) is 28.3 Å². The van der Waals surface area contributed by atoms with Gasteiger partial charge in [0.2, 0.25) is 0 Å². The molecule has 3 aromatic carbocycles. The first-order valence-electron chi connectivity index (χ1n) is 19.3. The van der Waals surface area contributed by atoms with Gasteiger partial charge in [-0.15, -0.1) is 0 Å². The molecular formula is C44H60N4O5Si2. The molecule has 0 aliphatic carbocycles. The topological polar surface area (TPSA) is 99.9 Å². The fraction of sp³-hybridized carbons (Fsp3) is 0.455. The van der Waals surface area contributed by atoms with Crippen LogP contribution in [0.5, 0.6) is 5.75 Å². The molecular weight excluding hydrogens is 721 g/mol. The average molecular weight is 781 g/mol. The first-order chi connectivity index (χ1) is 25.7. The van der Waals surface area contributed by atoms with Gasteiger partial charge >= 0.3 is 0 Å². The van der Waals surface area contributed by atoms with Crippen molar-refractivity contribution in [1.82, 2.24) is 14.5 Å². The Morgan fingerprint density at radius 1 is 0.782 bits per heavy atom. The van der Waals surface area contributed by atoms with Crippen LogP contribution in [-0.4, -0.2) is 67.8 Å². The molecule has 0 saturated carbocycles. The highest BCUT2D eigenvalue weighted by atomic mass is 28.4. The van der Waals surface area contributed by atoms with Crippen molar-refractivity contribution in [2.24, 2.45) is 0 Å². The van der Waals surface area contributed by atoms with Gasteiger partial charge in [0.1, 0.15) is 46.9 Å². The molecule has 9 nitrogen and oxygen atoms in total. The molecule has 0 unspecified atom stereocenters. The summed E-state index contributed by atoms with van der Waals surface area (Å²) in [6.07, 6.45) is 1.58. The lowest BCUT2D eigenvalue weighted by Crippen LogP contribution is -2.55. The number of rotatable bonds is 12. The average Bonchev–Trinajstić information content (AvgIpc) is 3.67. The van der Waals surface area contributed by atoms with Gasteiger partial charge in [0.15, 0.2) is 22.9 Å². The molecule has 0 radical (unpaired) electrons. The number of hydrogen-bond acceptors (Lipinski definition) is 8. The fourth-order valence-electron chi connectivity index (χ4n) is 6.83. The molecule has 2 aromatic heterocycles. The summed E-state index contributed by atoms with van der Waals surface area (Å²) in [5.41, 5.74) is 1.57. The molecule has 294 valence electrons. The molecule has 3 heterocycles. The summed E-state index contributed by atoms with van der Waals surface area (Å²) in [7, 11) is -2.88. The predicted octanol–water partition coefficient (Wildman–Crippen LogP) is 9.90. The molecule has 1 aliphatic rings. The lowest BCUT2D eigenvalue weighted by molar-refractivity contribution is -0.0765. The molecule has 1 saturated heterocycles. The van der Waals surface area contributed by atoms with Gasteiger partial charge in [0.05, 0.1) is 19.1 Å². The number of fused-ring (bicyclic) bond motifs is 1. The first kappa shape index (κ1) is 40.8. The van der Waals surface area contributed by atoms with Crippen molar-refractivity contribution in [2.45, 2.75) is 114 Å². The number of ether oxygens (including phenoxy) is 2. The van der Waals surface area contributed by atoms with Crippen LogP contribution in [0.15, 0.2) is 104 Å². The molecule has 11 heteroatoms. The molecule has 2 N–H and O–H groups in total. The SMILES string of the molecule is COc1ccc(C(Nc2ncnc3c2ccn3[C@@H]2O[C@H](CO[Si](C)(C)C(C)(C)C)[C@](C)(O)[C@H]2O[Si](C)(C)C(C)(C)C)(c2ccccc2)c2ccccc2)cc1. The Bertz CT molecular complexity index is 2020. The van der Waals surface area contributed by atoms with Gasteiger partial charge in [-0.1, -0.05) is 114 Å². The van der Waals surface area contributed by atoms with Gasteiger partial charge in [0.25, 0.3) is 0 Å². The zero-order valence-corrected chi connectivity index (χ0v) is 36.7. The second kappa shape index (κ2) is 14.9. The van der Waals surface area contributed by atoms with Gasteiger partial charge in [-0.25, -0.2) is 9.97 Å². The molecule has 0 amide bonds. The third-order valence-corrected chi connectivity index (χ3v) is 21.4. The predicted molar refractivity (Wildman–Crippen MR) is 227 cm³/mol. The van der Waals surface area contributed by atoms with E-state index in [2.05, 4.69) is 134 Å². The zero-order chi connectivity index (χ0) is 40.0. The highest BCUT2D eigenvalue weighted by Crippen LogP contribution is 2.48. The highest BCUT2D eigenvalue weighted by molar-refractivity contribution is 6.74. The maximum atomic E-state index is 12.4. The van der Waals surface area contributed by atoms with Gasteiger partial charge in [-0.3, -0.25) is 0 Å². The second-order valence-corrected chi connectivity index (χ2v) is 27.7. The van der Waals surface area contributed by atoms with Crippen LogP contribution in [0.1, 0.15) is 71.4 Å². The summed E-state index contributed by atoms with van der Waals surface area (Å²) < 4.78 is 28.3. The number of hydrogen-bond donors (Lipinski definition) is 2. The summed E-state index contributed by atoms with van der Waals surface area (Å²) in [5.74, 6) is 1.42. The van der Waals surface area contributed by atoms with E-state index in [1.165, 1.54) is 0 Å². The molecule has 0 bridgehead atoms. The van der Waals surface area contributed by atoms with Crippen molar-refractivity contribution in [2.75, 3.05) is 19.0 Å². The number of aromatic nitrogens is 3. The smallest absolute Gasteiger partial charge is 0.192 e. The summed E-state index contributed by atoms with van der Waals surface area (Å²) >= 11 is 0. The molecule has 6 rings (SSSR count). The van der Waals surface area contributed by atoms with E-state index in [0.29, 0.717) is 11.5 Å². The maximum Gasteiger partial charge on any atom is 0.192 e. The third kappa shape index (κ3) is 7.67. The summed E-state index contributed by atoms with van der Waals surface area (Å²) in [4.78, 5) is 9.74. The van der Waals surface area contributed by atoms with Crippen molar-refractivity contribution in [3.8, 4) is 5.75 Å². The summed E-state index contributed by atoms with van der Waals surface area (Å²) in [5, 5.41) is 17.1. The van der Waals surface area contributed by atoms with E-state index < -0.39 is 46.2 Å². The zero-order valence-electron chi connectivity index (χ0n) is 34.7. The largest absolute Gasteiger partial charge is 0.497 e. The second-order valence-electron chi connectivity index (χ2n) is 18.1. The maximum absolute atomic E-state index is 12.4. The summed E-state index contributed by atoms with van der Waals surface area (Å²) in [6, 6.07) is 31.0. The van der Waals surface area contributed by atoms with Crippen LogP contribution in [0.3, 0.4) is 0 Å². The molecule has 1 fully saturated rings. The minimum atomic E-state index is -2.40. The van der Waals surface area contributed by atoms with E-state index in [9.17, 15) is 5.11 Å². The van der Waals surface area contributed by atoms with Crippen LogP contribution in [0.25, 0.3) is 11.0 Å². The summed E-state index contributed by atoms with van der Waals surface area (Å²) in [6.45, 7) is 24.2. The van der Waals surface area contributed by atoms with E-state index in [-0.39, 0.29) is 16.7 Å². The molecule has 4 atom stereocenters. The lowest BCUT2D eigenvalue weighted by atomic mass is 9.77. The number of aliphatic hydroxyl groups is 1. The molecule has 0 spiro atoms. The molecule has 1 aliphatic heterocycles. The van der Waals surface area contributed by atoms with Crippen molar-refractivity contribution in [3.63, 3.8) is 0 Å². The number of nitrogens with zero attached hydrogens (tertiary/aromatic N) is 3. The van der Waals surface area contributed by atoms with Gasteiger partial charge < -0.3 is 33.3 Å². The Morgan fingerprint density at radius 3 is 1.85 bits per heavy atom. The van der Waals surface area contributed by atoms with Crippen molar-refractivity contribution >= 4 is 33.5 Å². The Hall–Kier alpha value is -3.85. The normalized spacial score (nSPS) is 21.2. The van der Waals surface area contributed by atoms with E-state index >= 15 is 0 Å². The molecule has 5 aromatic rings. The highest BCUT2D eigenvalue weighted by Gasteiger charge is 2.58. The monoisotopic (exact) mass is 780 g/mol. The van der Waals surface area contributed by atoms with Gasteiger partial charge in [-0.05, 0) is 78.1 Å². The Kier molecular flexibility index (Phi) is 11.1. The van der Waals surface area contributed by atoms with Crippen molar-refractivity contribution in [3.05, 3.63) is 120 Å². The minimum absolute atomic E-state index is 0.00535. The third-order valence-electron chi connectivity index (χ3n) is 12.4. The lowest BCUT2D eigenvalue weighted by Gasteiger charge is -2.42. The van der Waals surface area contributed by atoms with Crippen LogP contribution in [0.4, 0.5) is 5.82 Å². The van der Waals surface area contributed by atoms with Crippen LogP contribution >= 0.6 is 0 Å². The number of methoxy groups -OCH3 is 1. The standard InChI is InChI=1S/C44H60N4O5Si2/c1-41(2,3)54(9,10)51-29-36-43(7,49)37(53-55(11,12)42(4,5)6)40(52-36)48-28-27-35-38(45-30-46-39(35)48)47-44(31-19-15-13-16-20-31,32-21-17-14-18-22-32)33-23-25-34(50-8)26-24-33/h13-28,30,36-37,40,49H,29H2,1-12H3,(H,45,46,47)/t36-,37+,40-,43+/m1/s1. The van der Waals surface area contributed by atoms with Gasteiger partial charge in [-0.2, -0.15) is 0 Å². The minimum Gasteiger partial charge on any atom is -0.497 e. The van der Waals surface area contributed by atoms with Gasteiger partial charge in [0, 0.05) is 6.20 Å². The molecule has 55 heavy (non-hydrogen) atoms. The van der Waals surface area contributed by atoms with E-state index in [1.807, 2.05) is 48.0 Å². The van der Waals surface area contributed by atoms with Crippen molar-refractivity contribution in [1.29, 1.82) is 0 Å². The van der Waals surface area contributed by atoms with Crippen LogP contribution in [0.2, 0.25) is 36.3 Å². The number of benzene rings is 3. The van der Waals surface area contributed by atoms with Crippen molar-refractivity contribution < 1.29 is 23.4 Å². The van der Waals surface area contributed by atoms with E-state index in [1.54, 1.807) is 13.4 Å². The van der Waals surface area contributed by atoms with E-state index in [0.717, 1.165) is 27.8 Å². The fourth-order valence-corrected chi connectivity index (χ4v) is 9.17. The van der Waals surface area contributed by atoms with Crippen LogP contribution in [0, 0.1) is 0 Å². The quantitative estimate of drug-likeness (QED) is 0.0954. The number of nitrogens with one attached hydrogen (secondary N) is 1. The van der Waals surface area contributed by atoms with Crippen LogP contribution < -0.4 is 10.1 Å². The Morgan fingerprint density at radius 2 is 1.33 bits per heavy atom. The Labute approximate surface area is 329 Å². The number of anilines is 1.